The van der Waals surface area contributed by atoms with Crippen molar-refractivity contribution in [2.75, 3.05) is 13.1 Å². The minimum Gasteiger partial charge on any atom is -0.351 e. The van der Waals surface area contributed by atoms with Gasteiger partial charge in [0.15, 0.2) is 0 Å². The van der Waals surface area contributed by atoms with Gasteiger partial charge in [-0.1, -0.05) is 11.6 Å². The summed E-state index contributed by atoms with van der Waals surface area (Å²) in [7, 11) is 0. The topological polar surface area (TPSA) is 41.1 Å². The van der Waals surface area contributed by atoms with Gasteiger partial charge < -0.3 is 10.6 Å². The molecule has 0 spiro atoms. The van der Waals surface area contributed by atoms with E-state index in [9.17, 15) is 4.79 Å². The normalized spacial score (nSPS) is 16.1. The van der Waals surface area contributed by atoms with Crippen LogP contribution in [0.4, 0.5) is 0 Å². The van der Waals surface area contributed by atoms with Crippen LogP contribution >= 0.6 is 35.3 Å². The smallest absolute Gasteiger partial charge is 0.220 e. The molecule has 0 atom stereocenters. The van der Waals surface area contributed by atoms with Gasteiger partial charge in [-0.3, -0.25) is 4.79 Å². The molecular weight excluding hydrogens is 291 g/mol. The number of halogens is 2. The Morgan fingerprint density at radius 3 is 2.78 bits per heavy atom. The quantitative estimate of drug-likeness (QED) is 0.898. The zero-order valence-electron chi connectivity index (χ0n) is 10.1. The van der Waals surface area contributed by atoms with Crippen molar-refractivity contribution in [3.63, 3.8) is 0 Å². The molecule has 1 fully saturated rings. The van der Waals surface area contributed by atoms with Gasteiger partial charge in [0.1, 0.15) is 0 Å². The highest BCUT2D eigenvalue weighted by Gasteiger charge is 2.16. The van der Waals surface area contributed by atoms with E-state index in [1.807, 2.05) is 12.1 Å². The van der Waals surface area contributed by atoms with Gasteiger partial charge in [0.2, 0.25) is 5.91 Å². The van der Waals surface area contributed by atoms with Crippen LogP contribution in [0.25, 0.3) is 0 Å². The van der Waals surface area contributed by atoms with E-state index in [-0.39, 0.29) is 18.3 Å². The summed E-state index contributed by atoms with van der Waals surface area (Å²) in [6, 6.07) is 3.82. The summed E-state index contributed by atoms with van der Waals surface area (Å²) in [5.74, 6) is 0.699. The van der Waals surface area contributed by atoms with Gasteiger partial charge in [-0.05, 0) is 44.0 Å². The average molecular weight is 309 g/mol. The molecule has 0 bridgehead atoms. The fourth-order valence-electron chi connectivity index (χ4n) is 2.05. The maximum atomic E-state index is 11.7. The van der Waals surface area contributed by atoms with Crippen LogP contribution in [-0.4, -0.2) is 19.0 Å². The van der Waals surface area contributed by atoms with Crippen LogP contribution in [-0.2, 0) is 11.3 Å². The van der Waals surface area contributed by atoms with Crippen molar-refractivity contribution in [1.82, 2.24) is 10.6 Å². The molecule has 2 rings (SSSR count). The zero-order valence-corrected chi connectivity index (χ0v) is 12.5. The van der Waals surface area contributed by atoms with Crippen LogP contribution in [0.15, 0.2) is 12.1 Å². The second-order valence-corrected chi connectivity index (χ2v) is 6.18. The summed E-state index contributed by atoms with van der Waals surface area (Å²) in [5, 5.41) is 6.26. The molecule has 2 N–H and O–H groups in total. The summed E-state index contributed by atoms with van der Waals surface area (Å²) in [5.41, 5.74) is 0. The Morgan fingerprint density at radius 2 is 2.17 bits per heavy atom. The lowest BCUT2D eigenvalue weighted by Gasteiger charge is -2.21. The van der Waals surface area contributed by atoms with Crippen LogP contribution in [0.1, 0.15) is 24.1 Å². The summed E-state index contributed by atoms with van der Waals surface area (Å²) >= 11 is 7.35. The lowest BCUT2D eigenvalue weighted by atomic mass is 9.94. The lowest BCUT2D eigenvalue weighted by Crippen LogP contribution is -2.32. The van der Waals surface area contributed by atoms with Gasteiger partial charge in [0.05, 0.1) is 10.9 Å². The van der Waals surface area contributed by atoms with Crippen LogP contribution in [0.2, 0.25) is 4.34 Å². The second kappa shape index (κ2) is 8.00. The first-order valence-electron chi connectivity index (χ1n) is 5.95. The highest BCUT2D eigenvalue weighted by molar-refractivity contribution is 7.16. The van der Waals surface area contributed by atoms with Crippen molar-refractivity contribution in [2.24, 2.45) is 5.92 Å². The third kappa shape index (κ3) is 5.14. The van der Waals surface area contributed by atoms with Crippen molar-refractivity contribution in [3.05, 3.63) is 21.3 Å². The molecule has 0 aromatic carbocycles. The van der Waals surface area contributed by atoms with Gasteiger partial charge >= 0.3 is 0 Å². The Morgan fingerprint density at radius 1 is 1.44 bits per heavy atom. The number of amides is 1. The van der Waals surface area contributed by atoms with Crippen molar-refractivity contribution >= 4 is 41.3 Å². The fraction of sp³-hybridized carbons (Fsp3) is 0.583. The maximum absolute atomic E-state index is 11.7. The molecule has 1 aromatic heterocycles. The van der Waals surface area contributed by atoms with Gasteiger partial charge in [0, 0.05) is 11.3 Å². The molecule has 1 aliphatic heterocycles. The molecule has 6 heteroatoms. The largest absolute Gasteiger partial charge is 0.351 e. The van der Waals surface area contributed by atoms with E-state index in [0.29, 0.717) is 18.9 Å². The number of rotatable bonds is 4. The maximum Gasteiger partial charge on any atom is 0.220 e. The summed E-state index contributed by atoms with van der Waals surface area (Å²) in [4.78, 5) is 12.8. The number of carbonyl (C=O) groups excluding carboxylic acids is 1. The van der Waals surface area contributed by atoms with Crippen molar-refractivity contribution < 1.29 is 4.79 Å². The highest BCUT2D eigenvalue weighted by Crippen LogP contribution is 2.21. The number of thiophene rings is 1. The first-order valence-corrected chi connectivity index (χ1v) is 7.15. The fourth-order valence-corrected chi connectivity index (χ4v) is 3.08. The number of carbonyl (C=O) groups is 1. The Hall–Kier alpha value is -0.290. The van der Waals surface area contributed by atoms with Crippen LogP contribution in [0.3, 0.4) is 0 Å². The minimum atomic E-state index is 0. The summed E-state index contributed by atoms with van der Waals surface area (Å²) in [6.07, 6.45) is 2.87. The molecule has 0 aliphatic carbocycles. The minimum absolute atomic E-state index is 0. The Labute approximate surface area is 123 Å². The van der Waals surface area contributed by atoms with Gasteiger partial charge in [0.25, 0.3) is 0 Å². The first-order chi connectivity index (χ1) is 8.24. The Bertz CT molecular complexity index is 378. The highest BCUT2D eigenvalue weighted by atomic mass is 35.5. The van der Waals surface area contributed by atoms with E-state index < -0.39 is 0 Å². The van der Waals surface area contributed by atoms with Gasteiger partial charge in [-0.2, -0.15) is 0 Å². The standard InChI is InChI=1S/C12H17ClN2OS.ClH/c13-11-2-1-10(17-11)8-15-12(16)7-9-3-5-14-6-4-9;/h1-2,9,14H,3-8H2,(H,15,16);1H. The molecule has 2 heterocycles. The SMILES string of the molecule is Cl.O=C(CC1CCNCC1)NCc1ccc(Cl)s1. The molecule has 1 saturated heterocycles. The molecule has 1 amide bonds. The molecule has 1 aromatic rings. The third-order valence-corrected chi connectivity index (χ3v) is 4.25. The molecule has 1 aliphatic rings. The van der Waals surface area contributed by atoms with Crippen molar-refractivity contribution in [2.45, 2.75) is 25.8 Å². The van der Waals surface area contributed by atoms with Gasteiger partial charge in [-0.25, -0.2) is 0 Å². The monoisotopic (exact) mass is 308 g/mol. The number of nitrogens with one attached hydrogen (secondary N) is 2. The van der Waals surface area contributed by atoms with Crippen molar-refractivity contribution in [1.29, 1.82) is 0 Å². The molecular formula is C12H18Cl2N2OS. The number of hydrogen-bond donors (Lipinski definition) is 2. The van der Waals surface area contributed by atoms with E-state index in [2.05, 4.69) is 10.6 Å². The van der Waals surface area contributed by atoms with Crippen molar-refractivity contribution in [3.8, 4) is 0 Å². The third-order valence-electron chi connectivity index (χ3n) is 3.02. The number of piperidine rings is 1. The molecule has 3 nitrogen and oxygen atoms in total. The molecule has 0 radical (unpaired) electrons. The average Bonchev–Trinajstić information content (AvgIpc) is 2.74. The van der Waals surface area contributed by atoms with E-state index in [4.69, 9.17) is 11.6 Å². The molecule has 0 unspecified atom stereocenters. The summed E-state index contributed by atoms with van der Waals surface area (Å²) < 4.78 is 0.771. The van der Waals surface area contributed by atoms with Crippen LogP contribution < -0.4 is 10.6 Å². The van der Waals surface area contributed by atoms with E-state index in [0.717, 1.165) is 35.1 Å². The van der Waals surface area contributed by atoms with Crippen LogP contribution in [0, 0.1) is 5.92 Å². The molecule has 102 valence electrons. The lowest BCUT2D eigenvalue weighted by molar-refractivity contribution is -0.122. The zero-order chi connectivity index (χ0) is 12.1. The van der Waals surface area contributed by atoms with E-state index in [1.54, 1.807) is 0 Å². The Balaban J connectivity index is 0.00000162. The predicted octanol–water partition coefficient (Wildman–Crippen LogP) is 2.83. The Kier molecular flexibility index (Phi) is 7.00. The van der Waals surface area contributed by atoms with E-state index >= 15 is 0 Å². The second-order valence-electron chi connectivity index (χ2n) is 4.38. The summed E-state index contributed by atoms with van der Waals surface area (Å²) in [6.45, 7) is 2.68. The molecule has 0 saturated carbocycles. The van der Waals surface area contributed by atoms with Crippen LogP contribution in [0.5, 0.6) is 0 Å². The predicted molar refractivity (Wildman–Crippen MR) is 78.6 cm³/mol. The number of hydrogen-bond acceptors (Lipinski definition) is 3. The molecule has 18 heavy (non-hydrogen) atoms. The van der Waals surface area contributed by atoms with Gasteiger partial charge in [-0.15, -0.1) is 23.7 Å². The first kappa shape index (κ1) is 15.8. The van der Waals surface area contributed by atoms with E-state index in [1.165, 1.54) is 11.3 Å².